The van der Waals surface area contributed by atoms with Gasteiger partial charge < -0.3 is 4.74 Å². The summed E-state index contributed by atoms with van der Waals surface area (Å²) in [5.74, 6) is 0.583. The molecule has 3 nitrogen and oxygen atoms in total. The predicted molar refractivity (Wildman–Crippen MR) is 95.7 cm³/mol. The van der Waals surface area contributed by atoms with Gasteiger partial charge in [0.25, 0.3) is 5.91 Å². The first-order valence-electron chi connectivity index (χ1n) is 6.70. The average molecular weight is 350 g/mol. The first kappa shape index (κ1) is 15.4. The fourth-order valence-corrected chi connectivity index (χ4v) is 6.10. The van der Waals surface area contributed by atoms with E-state index in [1.54, 1.807) is 32.7 Å². The standard InChI is InChI=1S/C16H15NO2S3/c1-5-12(18)17-11-8-9(19-4)6-7-10(11)13-14(16(17,2)3)21-22-15(13)20/h5-8H,1H2,2-4H3. The highest BCUT2D eigenvalue weighted by Crippen LogP contribution is 2.52. The van der Waals surface area contributed by atoms with Gasteiger partial charge >= 0.3 is 0 Å². The lowest BCUT2D eigenvalue weighted by Crippen LogP contribution is -2.47. The molecule has 1 aliphatic heterocycles. The number of methoxy groups -OCH3 is 1. The topological polar surface area (TPSA) is 29.5 Å². The van der Waals surface area contributed by atoms with Crippen LogP contribution < -0.4 is 9.64 Å². The van der Waals surface area contributed by atoms with Gasteiger partial charge in [-0.15, -0.1) is 0 Å². The van der Waals surface area contributed by atoms with Crippen molar-refractivity contribution in [3.63, 3.8) is 0 Å². The van der Waals surface area contributed by atoms with E-state index in [2.05, 4.69) is 6.58 Å². The first-order chi connectivity index (χ1) is 10.4. The molecule has 0 bridgehead atoms. The summed E-state index contributed by atoms with van der Waals surface area (Å²) >= 11 is 5.52. The summed E-state index contributed by atoms with van der Waals surface area (Å²) < 4.78 is 6.19. The molecule has 22 heavy (non-hydrogen) atoms. The number of nitrogens with zero attached hydrogens (tertiary/aromatic N) is 1. The minimum Gasteiger partial charge on any atom is -0.497 e. The van der Waals surface area contributed by atoms with Crippen LogP contribution in [0.2, 0.25) is 0 Å². The molecule has 0 spiro atoms. The first-order valence-corrected chi connectivity index (χ1v) is 9.26. The minimum absolute atomic E-state index is 0.130. The van der Waals surface area contributed by atoms with Crippen LogP contribution in [0.25, 0.3) is 11.1 Å². The Labute approximate surface area is 141 Å². The van der Waals surface area contributed by atoms with Gasteiger partial charge in [0.2, 0.25) is 0 Å². The molecular formula is C16H15NO2S3. The average Bonchev–Trinajstić information content (AvgIpc) is 2.89. The number of hydrogen-bond acceptors (Lipinski definition) is 5. The summed E-state index contributed by atoms with van der Waals surface area (Å²) in [6.07, 6.45) is 1.35. The van der Waals surface area contributed by atoms with Crippen LogP contribution in [-0.2, 0) is 10.3 Å². The Morgan fingerprint density at radius 1 is 1.41 bits per heavy atom. The van der Waals surface area contributed by atoms with Gasteiger partial charge in [0, 0.05) is 17.2 Å². The van der Waals surface area contributed by atoms with Crippen LogP contribution in [0.1, 0.15) is 18.7 Å². The number of benzene rings is 1. The van der Waals surface area contributed by atoms with Crippen molar-refractivity contribution in [1.82, 2.24) is 0 Å². The second-order valence-electron chi connectivity index (χ2n) is 5.48. The molecule has 2 heterocycles. The maximum Gasteiger partial charge on any atom is 0.251 e. The Balaban J connectivity index is 2.39. The molecule has 0 saturated heterocycles. The Morgan fingerprint density at radius 2 is 2.14 bits per heavy atom. The Bertz CT molecular complexity index is 832. The van der Waals surface area contributed by atoms with Gasteiger partial charge in [-0.05, 0) is 32.1 Å². The van der Waals surface area contributed by atoms with E-state index in [-0.39, 0.29) is 5.91 Å². The smallest absolute Gasteiger partial charge is 0.251 e. The van der Waals surface area contributed by atoms with Crippen molar-refractivity contribution in [3.8, 4) is 16.9 Å². The number of ether oxygens (including phenoxy) is 1. The van der Waals surface area contributed by atoms with Crippen LogP contribution in [0.4, 0.5) is 5.69 Å². The van der Waals surface area contributed by atoms with Crippen molar-refractivity contribution in [2.24, 2.45) is 0 Å². The van der Waals surface area contributed by atoms with Crippen molar-refractivity contribution in [2.75, 3.05) is 12.0 Å². The molecular weight excluding hydrogens is 334 g/mol. The van der Waals surface area contributed by atoms with Crippen LogP contribution in [0.5, 0.6) is 5.75 Å². The van der Waals surface area contributed by atoms with Crippen LogP contribution in [0, 0.1) is 3.82 Å². The fourth-order valence-electron chi connectivity index (χ4n) is 2.82. The number of carbonyl (C=O) groups excluding carboxylic acids is 1. The SMILES string of the molecule is C=CC(=O)N1c2cc(OC)ccc2-c2c(ssc2=S)C1(C)C. The lowest BCUT2D eigenvalue weighted by molar-refractivity contribution is -0.115. The summed E-state index contributed by atoms with van der Waals surface area (Å²) in [5.41, 5.74) is 2.39. The second-order valence-corrected chi connectivity index (χ2v) is 8.29. The van der Waals surface area contributed by atoms with Crippen LogP contribution in [-0.4, -0.2) is 13.0 Å². The van der Waals surface area contributed by atoms with Gasteiger partial charge in [-0.25, -0.2) is 0 Å². The number of amides is 1. The van der Waals surface area contributed by atoms with Crippen molar-refractivity contribution < 1.29 is 9.53 Å². The third-order valence-electron chi connectivity index (χ3n) is 3.86. The van der Waals surface area contributed by atoms with Crippen molar-refractivity contribution in [1.29, 1.82) is 0 Å². The monoisotopic (exact) mass is 349 g/mol. The van der Waals surface area contributed by atoms with Gasteiger partial charge in [-0.2, -0.15) is 0 Å². The van der Waals surface area contributed by atoms with E-state index >= 15 is 0 Å². The zero-order valence-corrected chi connectivity index (χ0v) is 15.0. The molecule has 1 aliphatic rings. The molecule has 6 heteroatoms. The summed E-state index contributed by atoms with van der Waals surface area (Å²) in [4.78, 5) is 15.4. The highest BCUT2D eigenvalue weighted by Gasteiger charge is 2.42. The summed E-state index contributed by atoms with van der Waals surface area (Å²) in [6, 6.07) is 5.76. The molecule has 0 saturated carbocycles. The number of hydrogen-bond donors (Lipinski definition) is 0. The van der Waals surface area contributed by atoms with Gasteiger partial charge in [-0.1, -0.05) is 39.5 Å². The number of carbonyl (C=O) groups is 1. The molecule has 0 N–H and O–H groups in total. The Kier molecular flexibility index (Phi) is 3.71. The zero-order valence-electron chi connectivity index (χ0n) is 12.5. The van der Waals surface area contributed by atoms with Crippen molar-refractivity contribution in [2.45, 2.75) is 19.4 Å². The van der Waals surface area contributed by atoms with E-state index in [1.807, 2.05) is 32.0 Å². The lowest BCUT2D eigenvalue weighted by atomic mass is 9.87. The van der Waals surface area contributed by atoms with E-state index in [9.17, 15) is 4.79 Å². The molecule has 114 valence electrons. The molecule has 0 radical (unpaired) electrons. The van der Waals surface area contributed by atoms with Crippen LogP contribution >= 0.6 is 32.9 Å². The maximum absolute atomic E-state index is 12.5. The molecule has 0 fully saturated rings. The summed E-state index contributed by atoms with van der Waals surface area (Å²) in [5, 5.41) is 0. The molecule has 1 aromatic carbocycles. The molecule has 0 atom stereocenters. The summed E-state index contributed by atoms with van der Waals surface area (Å²) in [6.45, 7) is 7.71. The van der Waals surface area contributed by atoms with Crippen molar-refractivity contribution in [3.05, 3.63) is 39.6 Å². The van der Waals surface area contributed by atoms with E-state index in [0.29, 0.717) is 5.75 Å². The largest absolute Gasteiger partial charge is 0.497 e. The zero-order chi connectivity index (χ0) is 16.1. The van der Waals surface area contributed by atoms with Crippen LogP contribution in [0.3, 0.4) is 0 Å². The molecule has 0 unspecified atom stereocenters. The van der Waals surface area contributed by atoms with Gasteiger partial charge in [0.1, 0.15) is 9.57 Å². The van der Waals surface area contributed by atoms with E-state index in [1.165, 1.54) is 6.08 Å². The minimum atomic E-state index is -0.474. The van der Waals surface area contributed by atoms with Gasteiger partial charge in [0.05, 0.1) is 23.2 Å². The fraction of sp³-hybridized carbons (Fsp3) is 0.250. The van der Waals surface area contributed by atoms with Gasteiger partial charge in [0.15, 0.2) is 0 Å². The van der Waals surface area contributed by atoms with Crippen molar-refractivity contribution >= 4 is 44.5 Å². The van der Waals surface area contributed by atoms with Gasteiger partial charge in [-0.3, -0.25) is 9.69 Å². The van der Waals surface area contributed by atoms with Crippen LogP contribution in [0.15, 0.2) is 30.9 Å². The maximum atomic E-state index is 12.5. The Morgan fingerprint density at radius 3 is 2.77 bits per heavy atom. The quantitative estimate of drug-likeness (QED) is 0.435. The van der Waals surface area contributed by atoms with E-state index in [0.717, 1.165) is 25.5 Å². The number of rotatable bonds is 2. The predicted octanol–water partition coefficient (Wildman–Crippen LogP) is 4.98. The van der Waals surface area contributed by atoms with E-state index in [4.69, 9.17) is 17.0 Å². The highest BCUT2D eigenvalue weighted by molar-refractivity contribution is 7.80. The molecule has 0 aliphatic carbocycles. The lowest BCUT2D eigenvalue weighted by Gasteiger charge is -2.42. The second kappa shape index (κ2) is 5.30. The number of fused-ring (bicyclic) bond motifs is 3. The Hall–Kier alpha value is -1.50. The molecule has 1 aromatic heterocycles. The molecule has 2 aromatic rings. The van der Waals surface area contributed by atoms with E-state index < -0.39 is 5.54 Å². The normalized spacial score (nSPS) is 15.0. The third kappa shape index (κ3) is 2.06. The molecule has 3 rings (SSSR count). The molecule has 1 amide bonds. The number of anilines is 1. The summed E-state index contributed by atoms with van der Waals surface area (Å²) in [7, 11) is 4.84. The highest BCUT2D eigenvalue weighted by atomic mass is 32.9. The third-order valence-corrected chi connectivity index (χ3v) is 7.19.